The van der Waals surface area contributed by atoms with E-state index in [4.69, 9.17) is 4.74 Å². The number of hydrogen-bond donors (Lipinski definition) is 2. The molecule has 0 bridgehead atoms. The van der Waals surface area contributed by atoms with Crippen molar-refractivity contribution >= 4 is 15.5 Å². The van der Waals surface area contributed by atoms with Gasteiger partial charge in [-0.3, -0.25) is 0 Å². The Balaban J connectivity index is 2.05. The molecule has 0 aliphatic carbocycles. The highest BCUT2D eigenvalue weighted by Gasteiger charge is 2.26. The van der Waals surface area contributed by atoms with Crippen LogP contribution in [-0.4, -0.2) is 46.5 Å². The summed E-state index contributed by atoms with van der Waals surface area (Å²) in [4.78, 5) is 0.387. The Labute approximate surface area is 120 Å². The zero-order valence-electron chi connectivity index (χ0n) is 11.9. The summed E-state index contributed by atoms with van der Waals surface area (Å²) in [6.07, 6.45) is 0.768. The van der Waals surface area contributed by atoms with Crippen LogP contribution in [0.3, 0.4) is 0 Å². The van der Waals surface area contributed by atoms with Crippen molar-refractivity contribution in [2.75, 3.05) is 31.3 Å². The summed E-state index contributed by atoms with van der Waals surface area (Å²) >= 11 is 0. The highest BCUT2D eigenvalue weighted by molar-refractivity contribution is 7.91. The number of benzene rings is 1. The first-order chi connectivity index (χ1) is 9.56. The van der Waals surface area contributed by atoms with Crippen molar-refractivity contribution in [2.24, 2.45) is 0 Å². The van der Waals surface area contributed by atoms with Gasteiger partial charge in [0.2, 0.25) is 0 Å². The summed E-state index contributed by atoms with van der Waals surface area (Å²) in [5.41, 5.74) is 0.913. The van der Waals surface area contributed by atoms with Crippen LogP contribution in [0.15, 0.2) is 29.2 Å². The molecule has 2 rings (SSSR count). The molecule has 0 radical (unpaired) electrons. The van der Waals surface area contributed by atoms with E-state index in [0.29, 0.717) is 11.3 Å². The molecule has 0 aromatic heterocycles. The highest BCUT2D eigenvalue weighted by atomic mass is 32.2. The van der Waals surface area contributed by atoms with E-state index < -0.39 is 9.84 Å². The molecule has 20 heavy (non-hydrogen) atoms. The van der Waals surface area contributed by atoms with Gasteiger partial charge in [0.25, 0.3) is 0 Å². The number of nitrogens with one attached hydrogen (secondary N) is 2. The van der Waals surface area contributed by atoms with Gasteiger partial charge in [0.05, 0.1) is 22.8 Å². The average Bonchev–Trinajstić information content (AvgIpc) is 2.86. The second-order valence-corrected chi connectivity index (χ2v) is 7.14. The van der Waals surface area contributed by atoms with Gasteiger partial charge in [-0.2, -0.15) is 0 Å². The minimum Gasteiger partial charge on any atom is -0.378 e. The predicted molar refractivity (Wildman–Crippen MR) is 79.9 cm³/mol. The van der Waals surface area contributed by atoms with Crippen LogP contribution in [-0.2, 0) is 14.6 Å². The summed E-state index contributed by atoms with van der Waals surface area (Å²) in [6, 6.07) is 7.16. The fourth-order valence-corrected chi connectivity index (χ4v) is 3.73. The molecule has 1 heterocycles. The van der Waals surface area contributed by atoms with Crippen LogP contribution in [0.25, 0.3) is 0 Å². The minimum atomic E-state index is -3.13. The van der Waals surface area contributed by atoms with Gasteiger partial charge in [-0.25, -0.2) is 8.42 Å². The molecule has 5 nitrogen and oxygen atoms in total. The standard InChI is InChI=1S/C14H22N2O3S/c1-3-8-20(17,18)12-6-4-11(5-7-12)16-13-9-15-10-14(13)19-2/h4-7,13-16H,3,8-10H2,1-2H3/t13?,14-/m0/s1. The molecular weight excluding hydrogens is 276 g/mol. The molecule has 0 spiro atoms. The van der Waals surface area contributed by atoms with Crippen molar-refractivity contribution in [1.82, 2.24) is 5.32 Å². The minimum absolute atomic E-state index is 0.138. The molecule has 1 aliphatic rings. The van der Waals surface area contributed by atoms with Gasteiger partial charge < -0.3 is 15.4 Å². The van der Waals surface area contributed by atoms with Crippen LogP contribution in [0.5, 0.6) is 0 Å². The molecule has 0 amide bonds. The van der Waals surface area contributed by atoms with Crippen molar-refractivity contribution < 1.29 is 13.2 Å². The lowest BCUT2D eigenvalue weighted by molar-refractivity contribution is 0.111. The second kappa shape index (κ2) is 6.56. The van der Waals surface area contributed by atoms with E-state index in [0.717, 1.165) is 18.8 Å². The Morgan fingerprint density at radius 2 is 2.00 bits per heavy atom. The largest absolute Gasteiger partial charge is 0.378 e. The number of ether oxygens (including phenoxy) is 1. The normalized spacial score (nSPS) is 22.9. The first-order valence-corrected chi connectivity index (χ1v) is 8.55. The number of anilines is 1. The maximum Gasteiger partial charge on any atom is 0.178 e. The third kappa shape index (κ3) is 3.50. The van der Waals surface area contributed by atoms with E-state index >= 15 is 0 Å². The zero-order valence-corrected chi connectivity index (χ0v) is 12.7. The second-order valence-electron chi connectivity index (χ2n) is 5.03. The van der Waals surface area contributed by atoms with Crippen molar-refractivity contribution in [3.63, 3.8) is 0 Å². The maximum atomic E-state index is 11.9. The maximum absolute atomic E-state index is 11.9. The molecule has 112 valence electrons. The van der Waals surface area contributed by atoms with Crippen molar-refractivity contribution in [3.8, 4) is 0 Å². The van der Waals surface area contributed by atoms with Crippen LogP contribution >= 0.6 is 0 Å². The molecular formula is C14H22N2O3S. The Morgan fingerprint density at radius 1 is 1.30 bits per heavy atom. The Morgan fingerprint density at radius 3 is 2.60 bits per heavy atom. The molecule has 1 fully saturated rings. The Hall–Kier alpha value is -1.11. The number of hydrogen-bond acceptors (Lipinski definition) is 5. The molecule has 1 aromatic rings. The smallest absolute Gasteiger partial charge is 0.178 e. The van der Waals surface area contributed by atoms with E-state index in [1.807, 2.05) is 19.1 Å². The van der Waals surface area contributed by atoms with E-state index in [1.165, 1.54) is 0 Å². The third-order valence-electron chi connectivity index (χ3n) is 3.50. The van der Waals surface area contributed by atoms with E-state index in [1.54, 1.807) is 19.2 Å². The third-order valence-corrected chi connectivity index (χ3v) is 5.44. The lowest BCUT2D eigenvalue weighted by atomic mass is 10.2. The Bertz CT molecular complexity index is 528. The fraction of sp³-hybridized carbons (Fsp3) is 0.571. The summed E-state index contributed by atoms with van der Waals surface area (Å²) in [5, 5.41) is 6.63. The van der Waals surface area contributed by atoms with Crippen LogP contribution in [0.1, 0.15) is 13.3 Å². The Kier molecular flexibility index (Phi) is 5.01. The lowest BCUT2D eigenvalue weighted by Gasteiger charge is -2.19. The number of rotatable bonds is 6. The molecule has 2 N–H and O–H groups in total. The van der Waals surface area contributed by atoms with Crippen molar-refractivity contribution in [2.45, 2.75) is 30.4 Å². The van der Waals surface area contributed by atoms with Gasteiger partial charge in [-0.1, -0.05) is 6.92 Å². The topological polar surface area (TPSA) is 67.4 Å². The van der Waals surface area contributed by atoms with E-state index in [9.17, 15) is 8.42 Å². The summed E-state index contributed by atoms with van der Waals surface area (Å²) in [7, 11) is -1.43. The van der Waals surface area contributed by atoms with Crippen molar-refractivity contribution in [3.05, 3.63) is 24.3 Å². The zero-order chi connectivity index (χ0) is 14.6. The predicted octanol–water partition coefficient (Wildman–Crippen LogP) is 1.27. The van der Waals surface area contributed by atoms with Gasteiger partial charge in [0.15, 0.2) is 9.84 Å². The van der Waals surface area contributed by atoms with Crippen LogP contribution in [0, 0.1) is 0 Å². The molecule has 2 atom stereocenters. The molecule has 0 saturated carbocycles. The summed E-state index contributed by atoms with van der Waals surface area (Å²) in [6.45, 7) is 3.54. The molecule has 1 aromatic carbocycles. The molecule has 1 saturated heterocycles. The lowest BCUT2D eigenvalue weighted by Crippen LogP contribution is -2.33. The quantitative estimate of drug-likeness (QED) is 0.828. The van der Waals surface area contributed by atoms with E-state index in [-0.39, 0.29) is 17.9 Å². The van der Waals surface area contributed by atoms with Crippen molar-refractivity contribution in [1.29, 1.82) is 0 Å². The van der Waals surface area contributed by atoms with Gasteiger partial charge >= 0.3 is 0 Å². The highest BCUT2D eigenvalue weighted by Crippen LogP contribution is 2.18. The summed E-state index contributed by atoms with van der Waals surface area (Å²) < 4.78 is 29.3. The van der Waals surface area contributed by atoms with Crippen LogP contribution < -0.4 is 10.6 Å². The van der Waals surface area contributed by atoms with Crippen LogP contribution in [0.2, 0.25) is 0 Å². The molecule has 1 aliphatic heterocycles. The van der Waals surface area contributed by atoms with Gasteiger partial charge in [0.1, 0.15) is 0 Å². The molecule has 6 heteroatoms. The average molecular weight is 298 g/mol. The van der Waals surface area contributed by atoms with Gasteiger partial charge in [-0.05, 0) is 30.7 Å². The monoisotopic (exact) mass is 298 g/mol. The van der Waals surface area contributed by atoms with Gasteiger partial charge in [0, 0.05) is 25.9 Å². The fourth-order valence-electron chi connectivity index (χ4n) is 2.41. The first kappa shape index (κ1) is 15.3. The van der Waals surface area contributed by atoms with Gasteiger partial charge in [-0.15, -0.1) is 0 Å². The SMILES string of the molecule is CCCS(=O)(=O)c1ccc(NC2CNC[C@@H]2OC)cc1. The van der Waals surface area contributed by atoms with E-state index in [2.05, 4.69) is 10.6 Å². The first-order valence-electron chi connectivity index (χ1n) is 6.89. The van der Waals surface area contributed by atoms with Crippen LogP contribution in [0.4, 0.5) is 5.69 Å². The molecule has 1 unspecified atom stereocenters. The summed E-state index contributed by atoms with van der Waals surface area (Å²) in [5.74, 6) is 0.193. The number of methoxy groups -OCH3 is 1. The number of sulfone groups is 1.